The molecule has 1 aromatic rings. The maximum atomic E-state index is 4.51. The molecule has 1 saturated carbocycles. The number of thiazole rings is 1. The highest BCUT2D eigenvalue weighted by Crippen LogP contribution is 2.44. The molecule has 0 atom stereocenters. The van der Waals surface area contributed by atoms with Crippen molar-refractivity contribution in [3.63, 3.8) is 0 Å². The van der Waals surface area contributed by atoms with Crippen molar-refractivity contribution in [1.29, 1.82) is 0 Å². The van der Waals surface area contributed by atoms with Gasteiger partial charge in [-0.05, 0) is 32.1 Å². The molecule has 2 rings (SSSR count). The molecule has 0 aliphatic heterocycles. The van der Waals surface area contributed by atoms with E-state index in [0.717, 1.165) is 13.1 Å². The predicted molar refractivity (Wildman–Crippen MR) is 60.6 cm³/mol. The largest absolute Gasteiger partial charge is 0.310 e. The Morgan fingerprint density at radius 2 is 2.14 bits per heavy atom. The van der Waals surface area contributed by atoms with Crippen LogP contribution in [0.1, 0.15) is 35.3 Å². The van der Waals surface area contributed by atoms with Gasteiger partial charge in [-0.15, -0.1) is 11.3 Å². The van der Waals surface area contributed by atoms with Gasteiger partial charge in [0.1, 0.15) is 5.01 Å². The summed E-state index contributed by atoms with van der Waals surface area (Å²) in [5, 5.41) is 4.72. The van der Waals surface area contributed by atoms with Crippen molar-refractivity contribution >= 4 is 11.3 Å². The maximum Gasteiger partial charge on any atom is 0.107 e. The van der Waals surface area contributed by atoms with Gasteiger partial charge in [-0.1, -0.05) is 6.92 Å². The zero-order chi connectivity index (χ0) is 10.2. The van der Waals surface area contributed by atoms with Crippen LogP contribution in [0.5, 0.6) is 0 Å². The third kappa shape index (κ3) is 2.34. The van der Waals surface area contributed by atoms with Crippen LogP contribution in [0, 0.1) is 19.3 Å². The number of nitrogens with zero attached hydrogens (tertiary/aromatic N) is 1. The summed E-state index contributed by atoms with van der Waals surface area (Å²) in [6, 6.07) is 0. The van der Waals surface area contributed by atoms with E-state index in [-0.39, 0.29) is 0 Å². The quantitative estimate of drug-likeness (QED) is 0.826. The van der Waals surface area contributed by atoms with Gasteiger partial charge in [0, 0.05) is 18.0 Å². The smallest absolute Gasteiger partial charge is 0.107 e. The molecule has 1 fully saturated rings. The molecule has 0 amide bonds. The van der Waals surface area contributed by atoms with Gasteiger partial charge in [0.2, 0.25) is 0 Å². The third-order valence-corrected chi connectivity index (χ3v) is 4.08. The van der Waals surface area contributed by atoms with Gasteiger partial charge in [-0.3, -0.25) is 0 Å². The molecule has 14 heavy (non-hydrogen) atoms. The molecule has 0 saturated heterocycles. The van der Waals surface area contributed by atoms with E-state index >= 15 is 0 Å². The Labute approximate surface area is 89.8 Å². The van der Waals surface area contributed by atoms with Crippen LogP contribution in [0.2, 0.25) is 0 Å². The summed E-state index contributed by atoms with van der Waals surface area (Å²) in [7, 11) is 0. The molecular formula is C11H18N2S. The Balaban J connectivity index is 1.80. The summed E-state index contributed by atoms with van der Waals surface area (Å²) in [6.07, 6.45) is 2.77. The van der Waals surface area contributed by atoms with Crippen molar-refractivity contribution in [1.82, 2.24) is 10.3 Å². The minimum Gasteiger partial charge on any atom is -0.310 e. The Hall–Kier alpha value is -0.410. The number of hydrogen-bond acceptors (Lipinski definition) is 3. The average molecular weight is 210 g/mol. The molecule has 0 radical (unpaired) electrons. The van der Waals surface area contributed by atoms with Crippen molar-refractivity contribution in [2.24, 2.45) is 5.41 Å². The van der Waals surface area contributed by atoms with Crippen LogP contribution in [0.4, 0.5) is 0 Å². The van der Waals surface area contributed by atoms with Crippen LogP contribution < -0.4 is 5.32 Å². The van der Waals surface area contributed by atoms with Crippen molar-refractivity contribution in [3.05, 3.63) is 15.6 Å². The molecular weight excluding hydrogens is 192 g/mol. The molecule has 3 heteroatoms. The van der Waals surface area contributed by atoms with Gasteiger partial charge in [-0.2, -0.15) is 0 Å². The first-order valence-electron chi connectivity index (χ1n) is 5.23. The molecule has 0 aromatic carbocycles. The Kier molecular flexibility index (Phi) is 2.62. The van der Waals surface area contributed by atoms with Gasteiger partial charge < -0.3 is 5.32 Å². The number of nitrogens with one attached hydrogen (secondary N) is 1. The lowest BCUT2D eigenvalue weighted by molar-refractivity contribution is 0.499. The molecule has 0 bridgehead atoms. The molecule has 1 aliphatic rings. The lowest BCUT2D eigenvalue weighted by Crippen LogP contribution is -2.21. The number of aryl methyl sites for hydroxylation is 2. The zero-order valence-electron chi connectivity index (χ0n) is 9.18. The predicted octanol–water partition coefficient (Wildman–Crippen LogP) is 2.65. The van der Waals surface area contributed by atoms with Crippen LogP contribution >= 0.6 is 11.3 Å². The Morgan fingerprint density at radius 3 is 2.64 bits per heavy atom. The summed E-state index contributed by atoms with van der Waals surface area (Å²) in [4.78, 5) is 5.85. The first kappa shape index (κ1) is 10.1. The van der Waals surface area contributed by atoms with E-state index in [1.165, 1.54) is 28.4 Å². The van der Waals surface area contributed by atoms with Crippen molar-refractivity contribution in [2.75, 3.05) is 6.54 Å². The summed E-state index contributed by atoms with van der Waals surface area (Å²) in [5.41, 5.74) is 1.78. The second kappa shape index (κ2) is 3.63. The molecule has 1 N–H and O–H groups in total. The average Bonchev–Trinajstić information content (AvgIpc) is 2.75. The van der Waals surface area contributed by atoms with Crippen LogP contribution in [0.3, 0.4) is 0 Å². The normalized spacial score (nSPS) is 18.5. The molecule has 1 aromatic heterocycles. The van der Waals surface area contributed by atoms with E-state index in [4.69, 9.17) is 0 Å². The Bertz CT molecular complexity index is 307. The highest BCUT2D eigenvalue weighted by molar-refractivity contribution is 7.11. The first-order valence-corrected chi connectivity index (χ1v) is 6.04. The SMILES string of the molecule is Cc1nc(CNCC2(C)CC2)sc1C. The molecule has 2 nitrogen and oxygen atoms in total. The molecule has 1 heterocycles. The van der Waals surface area contributed by atoms with Gasteiger partial charge >= 0.3 is 0 Å². The second-order valence-corrected chi connectivity index (χ2v) is 5.95. The van der Waals surface area contributed by atoms with Crippen LogP contribution in [-0.2, 0) is 6.54 Å². The third-order valence-electron chi connectivity index (χ3n) is 3.00. The van der Waals surface area contributed by atoms with E-state index in [9.17, 15) is 0 Å². The molecule has 0 spiro atoms. The zero-order valence-corrected chi connectivity index (χ0v) is 10.0. The van der Waals surface area contributed by atoms with Crippen molar-refractivity contribution in [2.45, 2.75) is 40.2 Å². The number of aromatic nitrogens is 1. The monoisotopic (exact) mass is 210 g/mol. The van der Waals surface area contributed by atoms with Gasteiger partial charge in [0.25, 0.3) is 0 Å². The van der Waals surface area contributed by atoms with E-state index in [1.807, 2.05) is 11.3 Å². The number of hydrogen-bond donors (Lipinski definition) is 1. The van der Waals surface area contributed by atoms with E-state index in [2.05, 4.69) is 31.1 Å². The van der Waals surface area contributed by atoms with Gasteiger partial charge in [-0.25, -0.2) is 4.98 Å². The van der Waals surface area contributed by atoms with Crippen LogP contribution in [-0.4, -0.2) is 11.5 Å². The van der Waals surface area contributed by atoms with E-state index in [0.29, 0.717) is 5.41 Å². The molecule has 78 valence electrons. The molecule has 1 aliphatic carbocycles. The highest BCUT2D eigenvalue weighted by atomic mass is 32.1. The van der Waals surface area contributed by atoms with Crippen LogP contribution in [0.15, 0.2) is 0 Å². The maximum absolute atomic E-state index is 4.51. The highest BCUT2D eigenvalue weighted by Gasteiger charge is 2.36. The fraction of sp³-hybridized carbons (Fsp3) is 0.727. The Morgan fingerprint density at radius 1 is 1.43 bits per heavy atom. The lowest BCUT2D eigenvalue weighted by atomic mass is 10.1. The topological polar surface area (TPSA) is 24.9 Å². The first-order chi connectivity index (χ1) is 6.59. The van der Waals surface area contributed by atoms with Crippen LogP contribution in [0.25, 0.3) is 0 Å². The summed E-state index contributed by atoms with van der Waals surface area (Å²) in [5.74, 6) is 0. The summed E-state index contributed by atoms with van der Waals surface area (Å²) >= 11 is 1.81. The second-order valence-electron chi connectivity index (χ2n) is 4.66. The summed E-state index contributed by atoms with van der Waals surface area (Å²) in [6.45, 7) is 8.65. The number of rotatable bonds is 4. The minimum absolute atomic E-state index is 0.599. The van der Waals surface area contributed by atoms with E-state index in [1.54, 1.807) is 0 Å². The van der Waals surface area contributed by atoms with Gasteiger partial charge in [0.15, 0.2) is 0 Å². The summed E-state index contributed by atoms with van der Waals surface area (Å²) < 4.78 is 0. The molecule has 0 unspecified atom stereocenters. The van der Waals surface area contributed by atoms with Gasteiger partial charge in [0.05, 0.1) is 5.69 Å². The van der Waals surface area contributed by atoms with E-state index < -0.39 is 0 Å². The standard InChI is InChI=1S/C11H18N2S/c1-8-9(2)14-10(13-8)6-12-7-11(3)4-5-11/h12H,4-7H2,1-3H3. The fourth-order valence-electron chi connectivity index (χ4n) is 1.48. The fourth-order valence-corrected chi connectivity index (χ4v) is 2.38. The van der Waals surface area contributed by atoms with Crippen molar-refractivity contribution in [3.8, 4) is 0 Å². The lowest BCUT2D eigenvalue weighted by Gasteiger charge is -2.07. The minimum atomic E-state index is 0.599. The van der Waals surface area contributed by atoms with Crippen molar-refractivity contribution < 1.29 is 0 Å².